The number of rotatable bonds is 8. The molecule has 0 unspecified atom stereocenters. The zero-order chi connectivity index (χ0) is 25.2. The van der Waals surface area contributed by atoms with Crippen molar-refractivity contribution in [2.45, 2.75) is 32.2 Å². The topological polar surface area (TPSA) is 76.4 Å². The number of fused-ring (bicyclic) bond motifs is 1. The van der Waals surface area contributed by atoms with Gasteiger partial charge in [0.05, 0.1) is 17.1 Å². The van der Waals surface area contributed by atoms with Crippen LogP contribution >= 0.6 is 11.6 Å². The maximum absolute atomic E-state index is 12.5. The van der Waals surface area contributed by atoms with Gasteiger partial charge in [-0.1, -0.05) is 35.9 Å². The van der Waals surface area contributed by atoms with Gasteiger partial charge in [0.15, 0.2) is 0 Å². The number of hydrogen-bond acceptors (Lipinski definition) is 4. The average Bonchev–Trinajstić information content (AvgIpc) is 3.15. The number of halogens is 4. The van der Waals surface area contributed by atoms with Gasteiger partial charge >= 0.3 is 12.3 Å². The zero-order valence-corrected chi connectivity index (χ0v) is 19.3. The molecular formula is C25H21ClF3N3O3. The Balaban J connectivity index is 1.73. The van der Waals surface area contributed by atoms with Crippen molar-refractivity contribution < 1.29 is 27.8 Å². The molecule has 0 aliphatic heterocycles. The molecule has 6 nitrogen and oxygen atoms in total. The average molecular weight is 504 g/mol. The summed E-state index contributed by atoms with van der Waals surface area (Å²) in [6.07, 6.45) is -4.41. The Hall–Kier alpha value is -3.72. The first-order valence-corrected chi connectivity index (χ1v) is 11.1. The lowest BCUT2D eigenvalue weighted by Crippen LogP contribution is -2.17. The first kappa shape index (κ1) is 24.4. The van der Waals surface area contributed by atoms with Crippen molar-refractivity contribution in [1.29, 1.82) is 0 Å². The highest BCUT2D eigenvalue weighted by Gasteiger charge is 2.31. The van der Waals surface area contributed by atoms with E-state index >= 15 is 0 Å². The van der Waals surface area contributed by atoms with Crippen LogP contribution in [0.5, 0.6) is 5.75 Å². The van der Waals surface area contributed by atoms with E-state index in [9.17, 15) is 18.0 Å². The molecule has 2 N–H and O–H groups in total. The van der Waals surface area contributed by atoms with Gasteiger partial charge in [0.25, 0.3) is 0 Å². The van der Waals surface area contributed by atoms with Crippen molar-refractivity contribution in [3.63, 3.8) is 0 Å². The SMILES string of the molecule is C[C@@H](c1ccccc1Cl)n1c(Nc2ccc(OC(F)(F)F)cc2)nc2cc(CCC(=O)O)ccc21. The van der Waals surface area contributed by atoms with Gasteiger partial charge in [-0.05, 0) is 66.9 Å². The Bertz CT molecular complexity index is 1350. The number of nitrogens with zero attached hydrogens (tertiary/aromatic N) is 2. The molecule has 0 aliphatic rings. The van der Waals surface area contributed by atoms with E-state index in [1.54, 1.807) is 6.07 Å². The third-order valence-electron chi connectivity index (χ3n) is 5.47. The van der Waals surface area contributed by atoms with Crippen LogP contribution in [0.1, 0.15) is 30.5 Å². The summed E-state index contributed by atoms with van der Waals surface area (Å²) in [5.41, 5.74) is 3.63. The van der Waals surface area contributed by atoms with E-state index < -0.39 is 12.3 Å². The predicted molar refractivity (Wildman–Crippen MR) is 127 cm³/mol. The van der Waals surface area contributed by atoms with Crippen molar-refractivity contribution in [3.05, 3.63) is 82.9 Å². The molecule has 0 fully saturated rings. The molecule has 0 saturated heterocycles. The first-order chi connectivity index (χ1) is 16.6. The largest absolute Gasteiger partial charge is 0.573 e. The molecule has 0 saturated carbocycles. The van der Waals surface area contributed by atoms with E-state index in [0.717, 1.165) is 16.6 Å². The molecule has 0 bridgehead atoms. The van der Waals surface area contributed by atoms with Crippen LogP contribution in [0.2, 0.25) is 5.02 Å². The van der Waals surface area contributed by atoms with E-state index in [0.29, 0.717) is 28.6 Å². The van der Waals surface area contributed by atoms with Crippen molar-refractivity contribution in [2.75, 3.05) is 5.32 Å². The molecule has 35 heavy (non-hydrogen) atoms. The Morgan fingerprint density at radius 1 is 1.14 bits per heavy atom. The smallest absolute Gasteiger partial charge is 0.481 e. The molecule has 1 aromatic heterocycles. The molecule has 3 aromatic carbocycles. The number of carboxylic acids is 1. The number of carbonyl (C=O) groups is 1. The van der Waals surface area contributed by atoms with Crippen molar-refractivity contribution in [3.8, 4) is 5.75 Å². The zero-order valence-electron chi connectivity index (χ0n) is 18.5. The van der Waals surface area contributed by atoms with E-state index in [4.69, 9.17) is 21.7 Å². The van der Waals surface area contributed by atoms with E-state index in [-0.39, 0.29) is 18.2 Å². The molecule has 182 valence electrons. The third kappa shape index (κ3) is 5.86. The second kappa shape index (κ2) is 9.87. The van der Waals surface area contributed by atoms with Gasteiger partial charge in [-0.3, -0.25) is 4.79 Å². The van der Waals surface area contributed by atoms with Crippen LogP contribution in [0.15, 0.2) is 66.7 Å². The number of alkyl halides is 3. The van der Waals surface area contributed by atoms with E-state index in [2.05, 4.69) is 10.1 Å². The fraction of sp³-hybridized carbons (Fsp3) is 0.200. The fourth-order valence-corrected chi connectivity index (χ4v) is 4.15. The molecule has 0 spiro atoms. The highest BCUT2D eigenvalue weighted by atomic mass is 35.5. The van der Waals surface area contributed by atoms with Crippen LogP contribution in [0.25, 0.3) is 11.0 Å². The van der Waals surface area contributed by atoms with Crippen molar-refractivity contribution in [1.82, 2.24) is 9.55 Å². The van der Waals surface area contributed by atoms with Gasteiger partial charge in [0, 0.05) is 17.1 Å². The number of anilines is 2. The number of hydrogen-bond donors (Lipinski definition) is 2. The molecule has 0 radical (unpaired) electrons. The summed E-state index contributed by atoms with van der Waals surface area (Å²) in [5.74, 6) is -0.764. The fourth-order valence-electron chi connectivity index (χ4n) is 3.85. The summed E-state index contributed by atoms with van der Waals surface area (Å²) in [7, 11) is 0. The lowest BCUT2D eigenvalue weighted by molar-refractivity contribution is -0.274. The van der Waals surface area contributed by atoms with Gasteiger partial charge < -0.3 is 19.7 Å². The summed E-state index contributed by atoms with van der Waals surface area (Å²) < 4.78 is 43.3. The molecule has 4 rings (SSSR count). The molecule has 4 aromatic rings. The number of benzene rings is 3. The maximum atomic E-state index is 12.5. The van der Waals surface area contributed by atoms with Crippen molar-refractivity contribution in [2.24, 2.45) is 0 Å². The van der Waals surface area contributed by atoms with Gasteiger partial charge in [0.2, 0.25) is 5.95 Å². The number of imidazole rings is 1. The second-order valence-corrected chi connectivity index (χ2v) is 8.32. The quantitative estimate of drug-likeness (QED) is 0.272. The van der Waals surface area contributed by atoms with Gasteiger partial charge in [-0.25, -0.2) is 4.98 Å². The molecule has 0 aliphatic carbocycles. The first-order valence-electron chi connectivity index (χ1n) is 10.7. The van der Waals surface area contributed by atoms with Crippen LogP contribution in [0.3, 0.4) is 0 Å². The number of aromatic nitrogens is 2. The lowest BCUT2D eigenvalue weighted by atomic mass is 10.1. The number of nitrogens with one attached hydrogen (secondary N) is 1. The summed E-state index contributed by atoms with van der Waals surface area (Å²) in [5, 5.41) is 12.7. The normalized spacial score (nSPS) is 12.5. The number of ether oxygens (including phenoxy) is 1. The Morgan fingerprint density at radius 3 is 2.51 bits per heavy atom. The van der Waals surface area contributed by atoms with Crippen LogP contribution in [-0.4, -0.2) is 27.0 Å². The standard InChI is InChI=1S/C25H21ClF3N3O3/c1-15(19-4-2-3-5-20(19)26)32-22-12-6-16(7-13-23(33)34)14-21(22)31-24(32)30-17-8-10-18(11-9-17)35-25(27,28)29/h2-6,8-12,14-15H,7,13H2,1H3,(H,30,31)(H,33,34)/t15-/m0/s1. The van der Waals surface area contributed by atoms with Crippen LogP contribution in [0, 0.1) is 0 Å². The minimum absolute atomic E-state index is 0.000304. The molecule has 10 heteroatoms. The van der Waals surface area contributed by atoms with Gasteiger partial charge in [-0.2, -0.15) is 0 Å². The highest BCUT2D eigenvalue weighted by molar-refractivity contribution is 6.31. The summed E-state index contributed by atoms with van der Waals surface area (Å²) in [6.45, 7) is 1.96. The van der Waals surface area contributed by atoms with Crippen LogP contribution in [-0.2, 0) is 11.2 Å². The molecular weight excluding hydrogens is 483 g/mol. The summed E-state index contributed by atoms with van der Waals surface area (Å²) in [4.78, 5) is 15.7. The van der Waals surface area contributed by atoms with E-state index in [1.807, 2.05) is 47.9 Å². The van der Waals surface area contributed by atoms with Crippen molar-refractivity contribution >= 4 is 40.2 Å². The molecule has 0 amide bonds. The minimum atomic E-state index is -4.77. The minimum Gasteiger partial charge on any atom is -0.481 e. The monoisotopic (exact) mass is 503 g/mol. The Morgan fingerprint density at radius 2 is 1.86 bits per heavy atom. The second-order valence-electron chi connectivity index (χ2n) is 7.92. The Labute approximate surface area is 203 Å². The summed E-state index contributed by atoms with van der Waals surface area (Å²) in [6, 6.07) is 18.1. The van der Waals surface area contributed by atoms with Crippen LogP contribution in [0.4, 0.5) is 24.8 Å². The lowest BCUT2D eigenvalue weighted by Gasteiger charge is -2.20. The number of aryl methyl sites for hydroxylation is 1. The summed E-state index contributed by atoms with van der Waals surface area (Å²) >= 11 is 6.45. The molecule has 1 heterocycles. The number of aliphatic carboxylic acids is 1. The van der Waals surface area contributed by atoms with Crippen LogP contribution < -0.4 is 10.1 Å². The highest BCUT2D eigenvalue weighted by Crippen LogP contribution is 2.34. The predicted octanol–water partition coefficient (Wildman–Crippen LogP) is 6.96. The molecule has 1 atom stereocenters. The third-order valence-corrected chi connectivity index (χ3v) is 5.81. The number of carboxylic acid groups (broad SMARTS) is 1. The Kier molecular flexibility index (Phi) is 6.88. The van der Waals surface area contributed by atoms with E-state index in [1.165, 1.54) is 24.3 Å². The van der Waals surface area contributed by atoms with Gasteiger partial charge in [0.1, 0.15) is 5.75 Å². The maximum Gasteiger partial charge on any atom is 0.573 e. The van der Waals surface area contributed by atoms with Gasteiger partial charge in [-0.15, -0.1) is 13.2 Å².